The van der Waals surface area contributed by atoms with Gasteiger partial charge in [0.2, 0.25) is 11.8 Å². The Labute approximate surface area is 262 Å². The Kier molecular flexibility index (Phi) is 12.2. The number of nitrogens with one attached hydrogen (secondary N) is 1. The molecule has 0 aliphatic rings. The SMILES string of the molecule is CCCCNC(=O)[C@@H](C)N(Cc1ccc(F)cc1)C(=O)CN(c1cc(Cl)ccc1OC)S(=O)(=O)c1ccc(OC)c(OC)c1. The van der Waals surface area contributed by atoms with E-state index in [1.807, 2.05) is 6.92 Å². The molecule has 3 rings (SSSR count). The Bertz CT molecular complexity index is 1550. The molecule has 44 heavy (non-hydrogen) atoms. The van der Waals surface area contributed by atoms with Gasteiger partial charge in [0.1, 0.15) is 24.2 Å². The number of methoxy groups -OCH3 is 3. The summed E-state index contributed by atoms with van der Waals surface area (Å²) in [6, 6.07) is 12.9. The van der Waals surface area contributed by atoms with E-state index in [9.17, 15) is 22.4 Å². The fraction of sp³-hybridized carbons (Fsp3) is 0.355. The Morgan fingerprint density at radius 2 is 1.57 bits per heavy atom. The molecule has 3 aromatic carbocycles. The van der Waals surface area contributed by atoms with E-state index in [2.05, 4.69) is 5.32 Å². The molecule has 13 heteroatoms. The Morgan fingerprint density at radius 3 is 2.18 bits per heavy atom. The summed E-state index contributed by atoms with van der Waals surface area (Å²) in [5.74, 6) is -0.961. The van der Waals surface area contributed by atoms with Gasteiger partial charge in [-0.1, -0.05) is 37.1 Å². The molecule has 0 fully saturated rings. The van der Waals surface area contributed by atoms with E-state index in [0.29, 0.717) is 17.9 Å². The van der Waals surface area contributed by atoms with Crippen molar-refractivity contribution in [3.05, 3.63) is 77.1 Å². The number of ether oxygens (including phenoxy) is 3. The second-order valence-corrected chi connectivity index (χ2v) is 12.1. The maximum Gasteiger partial charge on any atom is 0.265 e. The van der Waals surface area contributed by atoms with Gasteiger partial charge < -0.3 is 24.4 Å². The van der Waals surface area contributed by atoms with Crippen LogP contribution in [0.25, 0.3) is 0 Å². The van der Waals surface area contributed by atoms with Crippen molar-refractivity contribution >= 4 is 39.1 Å². The fourth-order valence-electron chi connectivity index (χ4n) is 4.38. The third kappa shape index (κ3) is 8.32. The number of nitrogens with zero attached hydrogens (tertiary/aromatic N) is 2. The molecule has 238 valence electrons. The second-order valence-electron chi connectivity index (χ2n) is 9.81. The number of hydrogen-bond donors (Lipinski definition) is 1. The number of carbonyl (C=O) groups is 2. The Hall–Kier alpha value is -4.03. The van der Waals surface area contributed by atoms with Crippen molar-refractivity contribution in [2.45, 2.75) is 44.2 Å². The molecule has 0 bridgehead atoms. The molecular formula is C31H37ClFN3O7S. The average Bonchev–Trinajstić information content (AvgIpc) is 3.02. The minimum absolute atomic E-state index is 0.00455. The van der Waals surface area contributed by atoms with Crippen molar-refractivity contribution in [2.24, 2.45) is 0 Å². The summed E-state index contributed by atoms with van der Waals surface area (Å²) in [6.07, 6.45) is 1.60. The minimum atomic E-state index is -4.47. The summed E-state index contributed by atoms with van der Waals surface area (Å²) in [4.78, 5) is 28.3. The molecular weight excluding hydrogens is 613 g/mol. The van der Waals surface area contributed by atoms with E-state index in [1.165, 1.54) is 86.9 Å². The molecule has 10 nitrogen and oxygen atoms in total. The first-order chi connectivity index (χ1) is 21.0. The lowest BCUT2D eigenvalue weighted by Crippen LogP contribution is -2.51. The minimum Gasteiger partial charge on any atom is -0.495 e. The summed E-state index contributed by atoms with van der Waals surface area (Å²) in [7, 11) is -0.319. The van der Waals surface area contributed by atoms with E-state index >= 15 is 0 Å². The van der Waals surface area contributed by atoms with Crippen LogP contribution >= 0.6 is 11.6 Å². The first-order valence-corrected chi connectivity index (χ1v) is 15.7. The predicted molar refractivity (Wildman–Crippen MR) is 166 cm³/mol. The molecule has 0 aliphatic carbocycles. The van der Waals surface area contributed by atoms with Gasteiger partial charge in [-0.05, 0) is 61.4 Å². The molecule has 0 spiro atoms. The first kappa shape index (κ1) is 34.5. The second kappa shape index (κ2) is 15.6. The van der Waals surface area contributed by atoms with Gasteiger partial charge in [0.15, 0.2) is 11.5 Å². The number of carbonyl (C=O) groups excluding carboxylic acids is 2. The highest BCUT2D eigenvalue weighted by atomic mass is 35.5. The van der Waals surface area contributed by atoms with Crippen LogP contribution in [-0.4, -0.2) is 65.6 Å². The maximum absolute atomic E-state index is 14.3. The summed E-state index contributed by atoms with van der Waals surface area (Å²) in [6.45, 7) is 3.14. The normalized spacial score (nSPS) is 11.8. The van der Waals surface area contributed by atoms with Crippen molar-refractivity contribution in [3.8, 4) is 17.2 Å². The lowest BCUT2D eigenvalue weighted by molar-refractivity contribution is -0.139. The standard InChI is InChI=1S/C31H37ClFN3O7S/c1-6-7-16-34-31(38)21(2)35(19-22-8-11-24(33)12-9-22)30(37)20-36(26-17-23(32)10-14-27(26)41-3)44(39,40)25-13-15-28(42-4)29(18-25)43-5/h8-15,17-18,21H,6-7,16,19-20H2,1-5H3,(H,34,38)/t21-/m1/s1. The molecule has 1 atom stereocenters. The van der Waals surface area contributed by atoms with Gasteiger partial charge in [-0.3, -0.25) is 13.9 Å². The number of anilines is 1. The highest BCUT2D eigenvalue weighted by molar-refractivity contribution is 7.92. The van der Waals surface area contributed by atoms with Gasteiger partial charge in [0.05, 0.1) is 31.9 Å². The lowest BCUT2D eigenvalue weighted by Gasteiger charge is -2.32. The number of hydrogen-bond acceptors (Lipinski definition) is 7. The van der Waals surface area contributed by atoms with E-state index in [0.717, 1.165) is 17.1 Å². The maximum atomic E-state index is 14.3. The van der Waals surface area contributed by atoms with Crippen LogP contribution in [0.4, 0.5) is 10.1 Å². The van der Waals surface area contributed by atoms with E-state index in [-0.39, 0.29) is 33.6 Å². The van der Waals surface area contributed by atoms with Crippen molar-refractivity contribution in [2.75, 3.05) is 38.7 Å². The van der Waals surface area contributed by atoms with Gasteiger partial charge in [0, 0.05) is 24.2 Å². The van der Waals surface area contributed by atoms with Crippen LogP contribution < -0.4 is 23.8 Å². The number of halogens is 2. The number of amides is 2. The zero-order valence-electron chi connectivity index (χ0n) is 25.3. The van der Waals surface area contributed by atoms with E-state index in [1.54, 1.807) is 6.92 Å². The Balaban J connectivity index is 2.11. The highest BCUT2D eigenvalue weighted by Gasteiger charge is 2.34. The summed E-state index contributed by atoms with van der Waals surface area (Å²) < 4.78 is 59.0. The topological polar surface area (TPSA) is 114 Å². The largest absolute Gasteiger partial charge is 0.495 e. The quantitative estimate of drug-likeness (QED) is 0.230. The molecule has 2 amide bonds. The van der Waals surface area contributed by atoms with Crippen LogP contribution in [0.15, 0.2) is 65.6 Å². The van der Waals surface area contributed by atoms with Crippen molar-refractivity contribution in [1.29, 1.82) is 0 Å². The molecule has 0 saturated heterocycles. The molecule has 0 saturated carbocycles. The monoisotopic (exact) mass is 649 g/mol. The van der Waals surface area contributed by atoms with Crippen molar-refractivity contribution in [3.63, 3.8) is 0 Å². The van der Waals surface area contributed by atoms with Crippen LogP contribution in [0.1, 0.15) is 32.3 Å². The smallest absolute Gasteiger partial charge is 0.265 e. The summed E-state index contributed by atoms with van der Waals surface area (Å²) >= 11 is 6.28. The fourth-order valence-corrected chi connectivity index (χ4v) is 5.98. The number of sulfonamides is 1. The third-order valence-corrected chi connectivity index (χ3v) is 8.89. The molecule has 0 heterocycles. The summed E-state index contributed by atoms with van der Waals surface area (Å²) in [5.41, 5.74) is 0.549. The van der Waals surface area contributed by atoms with Crippen LogP contribution in [0.3, 0.4) is 0 Å². The predicted octanol–water partition coefficient (Wildman–Crippen LogP) is 5.03. The van der Waals surface area contributed by atoms with Crippen LogP contribution in [-0.2, 0) is 26.2 Å². The average molecular weight is 650 g/mol. The van der Waals surface area contributed by atoms with E-state index in [4.69, 9.17) is 25.8 Å². The molecule has 3 aromatic rings. The number of rotatable bonds is 15. The van der Waals surface area contributed by atoms with Gasteiger partial charge in [-0.25, -0.2) is 12.8 Å². The molecule has 1 N–H and O–H groups in total. The molecule has 0 aromatic heterocycles. The summed E-state index contributed by atoms with van der Waals surface area (Å²) in [5, 5.41) is 3.02. The first-order valence-electron chi connectivity index (χ1n) is 13.9. The van der Waals surface area contributed by atoms with Gasteiger partial charge in [-0.2, -0.15) is 0 Å². The van der Waals surface area contributed by atoms with Gasteiger partial charge in [0.25, 0.3) is 10.0 Å². The van der Waals surface area contributed by atoms with Gasteiger partial charge in [-0.15, -0.1) is 0 Å². The third-order valence-electron chi connectivity index (χ3n) is 6.89. The highest BCUT2D eigenvalue weighted by Crippen LogP contribution is 2.37. The molecule has 0 aliphatic heterocycles. The van der Waals surface area contributed by atoms with Crippen LogP contribution in [0, 0.1) is 5.82 Å². The van der Waals surface area contributed by atoms with Crippen LogP contribution in [0.2, 0.25) is 5.02 Å². The van der Waals surface area contributed by atoms with Crippen LogP contribution in [0.5, 0.6) is 17.2 Å². The number of benzene rings is 3. The number of unbranched alkanes of at least 4 members (excludes halogenated alkanes) is 1. The molecule has 0 radical (unpaired) electrons. The Morgan fingerprint density at radius 1 is 0.932 bits per heavy atom. The molecule has 0 unspecified atom stereocenters. The zero-order chi connectivity index (χ0) is 32.4. The van der Waals surface area contributed by atoms with Gasteiger partial charge >= 0.3 is 0 Å². The zero-order valence-corrected chi connectivity index (χ0v) is 26.9. The van der Waals surface area contributed by atoms with Crippen molar-refractivity contribution < 1.29 is 36.6 Å². The van der Waals surface area contributed by atoms with Crippen molar-refractivity contribution in [1.82, 2.24) is 10.2 Å². The van der Waals surface area contributed by atoms with E-state index < -0.39 is 40.2 Å². The lowest BCUT2D eigenvalue weighted by atomic mass is 10.1.